The lowest BCUT2D eigenvalue weighted by atomic mass is 9.99. The number of ether oxygens (including phenoxy) is 1. The van der Waals surface area contributed by atoms with E-state index in [0.29, 0.717) is 18.0 Å². The summed E-state index contributed by atoms with van der Waals surface area (Å²) in [5, 5.41) is 10.4. The van der Waals surface area contributed by atoms with Crippen molar-refractivity contribution < 1.29 is 4.74 Å². The molecule has 1 aliphatic heterocycles. The molecule has 4 heteroatoms. The van der Waals surface area contributed by atoms with Crippen molar-refractivity contribution in [2.45, 2.75) is 32.4 Å². The minimum absolute atomic E-state index is 0.347. The second-order valence-corrected chi connectivity index (χ2v) is 4.33. The third kappa shape index (κ3) is 2.58. The summed E-state index contributed by atoms with van der Waals surface area (Å²) in [5.74, 6) is 0.652. The van der Waals surface area contributed by atoms with Crippen molar-refractivity contribution in [1.29, 1.82) is 0 Å². The van der Waals surface area contributed by atoms with Crippen molar-refractivity contribution in [2.75, 3.05) is 13.2 Å². The average molecular weight is 209 g/mol. The van der Waals surface area contributed by atoms with E-state index in [-0.39, 0.29) is 0 Å². The fourth-order valence-electron chi connectivity index (χ4n) is 2.07. The molecule has 2 rings (SSSR count). The Kier molecular flexibility index (Phi) is 3.38. The Morgan fingerprint density at radius 3 is 3.07 bits per heavy atom. The summed E-state index contributed by atoms with van der Waals surface area (Å²) >= 11 is 0. The summed E-state index contributed by atoms with van der Waals surface area (Å²) < 4.78 is 5.39. The van der Waals surface area contributed by atoms with E-state index < -0.39 is 0 Å². The number of aromatic nitrogens is 2. The second kappa shape index (κ2) is 4.77. The molecule has 0 aromatic carbocycles. The Morgan fingerprint density at radius 2 is 2.47 bits per heavy atom. The van der Waals surface area contributed by atoms with Crippen LogP contribution in [-0.2, 0) is 4.74 Å². The van der Waals surface area contributed by atoms with Gasteiger partial charge in [0.05, 0.1) is 12.8 Å². The highest BCUT2D eigenvalue weighted by atomic mass is 16.5. The molecule has 84 valence electrons. The van der Waals surface area contributed by atoms with Crippen molar-refractivity contribution in [3.05, 3.63) is 18.0 Å². The first-order valence-corrected chi connectivity index (χ1v) is 5.60. The third-order valence-corrected chi connectivity index (χ3v) is 3.20. The van der Waals surface area contributed by atoms with Crippen molar-refractivity contribution in [3.8, 4) is 0 Å². The smallest absolute Gasteiger partial charge is 0.0534 e. The molecule has 15 heavy (non-hydrogen) atoms. The molecule has 0 saturated carbocycles. The van der Waals surface area contributed by atoms with Gasteiger partial charge in [0, 0.05) is 30.5 Å². The van der Waals surface area contributed by atoms with Gasteiger partial charge in [0.1, 0.15) is 0 Å². The Balaban J connectivity index is 1.85. The van der Waals surface area contributed by atoms with Crippen molar-refractivity contribution in [2.24, 2.45) is 5.92 Å². The topological polar surface area (TPSA) is 49.9 Å². The minimum atomic E-state index is 0.347. The van der Waals surface area contributed by atoms with E-state index in [1.54, 1.807) is 0 Å². The van der Waals surface area contributed by atoms with E-state index >= 15 is 0 Å². The van der Waals surface area contributed by atoms with Gasteiger partial charge >= 0.3 is 0 Å². The van der Waals surface area contributed by atoms with E-state index in [4.69, 9.17) is 4.74 Å². The Hall–Kier alpha value is -0.870. The van der Waals surface area contributed by atoms with Crippen molar-refractivity contribution in [3.63, 3.8) is 0 Å². The molecule has 0 bridgehead atoms. The quantitative estimate of drug-likeness (QED) is 0.789. The Morgan fingerprint density at radius 1 is 1.60 bits per heavy atom. The third-order valence-electron chi connectivity index (χ3n) is 3.20. The molecule has 1 fully saturated rings. The maximum absolute atomic E-state index is 5.39. The molecule has 3 atom stereocenters. The van der Waals surface area contributed by atoms with Crippen molar-refractivity contribution in [1.82, 2.24) is 15.5 Å². The van der Waals surface area contributed by atoms with E-state index in [2.05, 4.69) is 29.4 Å². The second-order valence-electron chi connectivity index (χ2n) is 4.33. The average Bonchev–Trinajstić information content (AvgIpc) is 2.91. The van der Waals surface area contributed by atoms with E-state index in [1.807, 2.05) is 12.4 Å². The predicted octanol–water partition coefficient (Wildman–Crippen LogP) is 1.49. The van der Waals surface area contributed by atoms with Crippen LogP contribution < -0.4 is 5.32 Å². The normalized spacial score (nSPS) is 25.3. The number of hydrogen-bond acceptors (Lipinski definition) is 3. The molecule has 1 aromatic heterocycles. The summed E-state index contributed by atoms with van der Waals surface area (Å²) in [6.07, 6.45) is 4.98. The lowest BCUT2D eigenvalue weighted by Crippen LogP contribution is -2.35. The van der Waals surface area contributed by atoms with Gasteiger partial charge in [0.15, 0.2) is 0 Å². The number of nitrogens with zero attached hydrogens (tertiary/aromatic N) is 1. The van der Waals surface area contributed by atoms with Crippen LogP contribution >= 0.6 is 0 Å². The SMILES string of the molecule is CC(NC(C)C1CCOC1)c1cn[nH]c1. The maximum Gasteiger partial charge on any atom is 0.0534 e. The molecule has 0 amide bonds. The van der Waals surface area contributed by atoms with Gasteiger partial charge in [0.2, 0.25) is 0 Å². The maximum atomic E-state index is 5.39. The summed E-state index contributed by atoms with van der Waals surface area (Å²) in [4.78, 5) is 0. The molecule has 1 aliphatic rings. The molecule has 0 radical (unpaired) electrons. The Bertz CT molecular complexity index is 280. The molecule has 0 aliphatic carbocycles. The Labute approximate surface area is 90.4 Å². The summed E-state index contributed by atoms with van der Waals surface area (Å²) in [5.41, 5.74) is 1.21. The monoisotopic (exact) mass is 209 g/mol. The van der Waals surface area contributed by atoms with E-state index in [1.165, 1.54) is 12.0 Å². The van der Waals surface area contributed by atoms with Crippen LogP contribution in [0.25, 0.3) is 0 Å². The molecule has 2 heterocycles. The van der Waals surface area contributed by atoms with E-state index in [9.17, 15) is 0 Å². The minimum Gasteiger partial charge on any atom is -0.381 e. The zero-order valence-corrected chi connectivity index (χ0v) is 9.36. The molecule has 0 spiro atoms. The summed E-state index contributed by atoms with van der Waals surface area (Å²) in [6, 6.07) is 0.844. The van der Waals surface area contributed by atoms with Crippen LogP contribution in [0.1, 0.15) is 31.9 Å². The largest absolute Gasteiger partial charge is 0.381 e. The highest BCUT2D eigenvalue weighted by Gasteiger charge is 2.23. The first-order valence-electron chi connectivity index (χ1n) is 5.60. The van der Waals surface area contributed by atoms with Crippen LogP contribution in [0.15, 0.2) is 12.4 Å². The molecular weight excluding hydrogens is 190 g/mol. The summed E-state index contributed by atoms with van der Waals surface area (Å²) in [6.45, 7) is 6.20. The van der Waals surface area contributed by atoms with Gasteiger partial charge in [0.25, 0.3) is 0 Å². The summed E-state index contributed by atoms with van der Waals surface area (Å²) in [7, 11) is 0. The van der Waals surface area contributed by atoms with Gasteiger partial charge in [-0.2, -0.15) is 5.10 Å². The fraction of sp³-hybridized carbons (Fsp3) is 0.727. The number of hydrogen-bond donors (Lipinski definition) is 2. The van der Waals surface area contributed by atoms with Crippen LogP contribution in [0.4, 0.5) is 0 Å². The number of nitrogens with one attached hydrogen (secondary N) is 2. The number of rotatable bonds is 4. The van der Waals surface area contributed by atoms with Gasteiger partial charge in [-0.05, 0) is 26.2 Å². The highest BCUT2D eigenvalue weighted by molar-refractivity contribution is 5.08. The van der Waals surface area contributed by atoms with Crippen LogP contribution in [0.5, 0.6) is 0 Å². The molecular formula is C11H19N3O. The van der Waals surface area contributed by atoms with Crippen molar-refractivity contribution >= 4 is 0 Å². The number of aromatic amines is 1. The molecule has 2 N–H and O–H groups in total. The molecule has 1 aromatic rings. The van der Waals surface area contributed by atoms with Gasteiger partial charge in [-0.3, -0.25) is 5.10 Å². The lowest BCUT2D eigenvalue weighted by Gasteiger charge is -2.23. The zero-order valence-electron chi connectivity index (χ0n) is 9.36. The van der Waals surface area contributed by atoms with Gasteiger partial charge in [-0.1, -0.05) is 0 Å². The van der Waals surface area contributed by atoms with Crippen LogP contribution in [0, 0.1) is 5.92 Å². The highest BCUT2D eigenvalue weighted by Crippen LogP contribution is 2.19. The van der Waals surface area contributed by atoms with Gasteiger partial charge in [-0.15, -0.1) is 0 Å². The van der Waals surface area contributed by atoms with Crippen LogP contribution in [0.2, 0.25) is 0 Å². The molecule has 1 saturated heterocycles. The first-order chi connectivity index (χ1) is 7.27. The number of H-pyrrole nitrogens is 1. The zero-order chi connectivity index (χ0) is 10.7. The van der Waals surface area contributed by atoms with Crippen LogP contribution in [0.3, 0.4) is 0 Å². The molecule has 4 nitrogen and oxygen atoms in total. The van der Waals surface area contributed by atoms with Crippen LogP contribution in [-0.4, -0.2) is 29.5 Å². The first kappa shape index (κ1) is 10.6. The van der Waals surface area contributed by atoms with Gasteiger partial charge in [-0.25, -0.2) is 0 Å². The molecule has 3 unspecified atom stereocenters. The van der Waals surface area contributed by atoms with Gasteiger partial charge < -0.3 is 10.1 Å². The van der Waals surface area contributed by atoms with E-state index in [0.717, 1.165) is 13.2 Å². The lowest BCUT2D eigenvalue weighted by molar-refractivity contribution is 0.177. The predicted molar refractivity (Wildman–Crippen MR) is 58.5 cm³/mol. The fourth-order valence-corrected chi connectivity index (χ4v) is 2.07. The standard InChI is InChI=1S/C11H19N3O/c1-8(10-3-4-15-7-10)14-9(2)11-5-12-13-6-11/h5-6,8-10,14H,3-4,7H2,1-2H3,(H,12,13).